The molecule has 3 rings (SSSR count). The first-order chi connectivity index (χ1) is 11.2. The summed E-state index contributed by atoms with van der Waals surface area (Å²) >= 11 is 1.33. The summed E-state index contributed by atoms with van der Waals surface area (Å²) in [5, 5.41) is 14.0. The Morgan fingerprint density at radius 2 is 2.17 bits per heavy atom. The van der Waals surface area contributed by atoms with Crippen molar-refractivity contribution < 1.29 is 0 Å². The van der Waals surface area contributed by atoms with Gasteiger partial charge in [0.25, 0.3) is 5.56 Å². The zero-order valence-corrected chi connectivity index (χ0v) is 13.2. The van der Waals surface area contributed by atoms with E-state index in [4.69, 9.17) is 0 Å². The van der Waals surface area contributed by atoms with Crippen molar-refractivity contribution in [2.24, 2.45) is 0 Å². The van der Waals surface area contributed by atoms with E-state index >= 15 is 0 Å². The van der Waals surface area contributed by atoms with Crippen LogP contribution in [0.15, 0.2) is 52.7 Å². The Kier molecular flexibility index (Phi) is 4.26. The molecule has 2 heterocycles. The predicted molar refractivity (Wildman–Crippen MR) is 88.1 cm³/mol. The van der Waals surface area contributed by atoms with Crippen molar-refractivity contribution in [3.05, 3.63) is 64.2 Å². The molecule has 0 aliphatic heterocycles. The van der Waals surface area contributed by atoms with Crippen LogP contribution in [0, 0.1) is 11.3 Å². The standard InChI is InChI=1S/C16H13N5OS/c1-23-16-19-14(13(9-17)15(22)20-16)12-6-3-2-5-11(12)10-21-8-4-7-18-21/h2-8H,10H2,1H3,(H,19,20,22). The van der Waals surface area contributed by atoms with Crippen LogP contribution in [-0.4, -0.2) is 26.0 Å². The van der Waals surface area contributed by atoms with Gasteiger partial charge in [-0.2, -0.15) is 10.4 Å². The summed E-state index contributed by atoms with van der Waals surface area (Å²) in [5.74, 6) is 0. The van der Waals surface area contributed by atoms with E-state index in [1.807, 2.05) is 48.9 Å². The van der Waals surface area contributed by atoms with Gasteiger partial charge in [-0.1, -0.05) is 36.0 Å². The number of hydrogen-bond acceptors (Lipinski definition) is 5. The van der Waals surface area contributed by atoms with Crippen molar-refractivity contribution in [1.29, 1.82) is 5.26 Å². The Morgan fingerprint density at radius 1 is 1.35 bits per heavy atom. The van der Waals surface area contributed by atoms with Crippen LogP contribution in [0.5, 0.6) is 0 Å². The third-order valence-electron chi connectivity index (χ3n) is 3.37. The van der Waals surface area contributed by atoms with Gasteiger partial charge >= 0.3 is 0 Å². The zero-order chi connectivity index (χ0) is 16.2. The molecule has 2 aromatic heterocycles. The molecule has 3 aromatic rings. The number of aromatic nitrogens is 4. The van der Waals surface area contributed by atoms with Crippen LogP contribution in [0.4, 0.5) is 0 Å². The van der Waals surface area contributed by atoms with E-state index in [-0.39, 0.29) is 5.56 Å². The number of rotatable bonds is 4. The summed E-state index contributed by atoms with van der Waals surface area (Å²) in [6.45, 7) is 0.539. The number of aromatic amines is 1. The van der Waals surface area contributed by atoms with Crippen LogP contribution in [0.3, 0.4) is 0 Å². The Bertz CT molecular complexity index is 924. The van der Waals surface area contributed by atoms with Gasteiger partial charge in [-0.3, -0.25) is 9.48 Å². The first-order valence-corrected chi connectivity index (χ1v) is 8.09. The smallest absolute Gasteiger partial charge is 0.270 e. The maximum atomic E-state index is 12.1. The molecule has 0 atom stereocenters. The molecule has 0 fully saturated rings. The van der Waals surface area contributed by atoms with E-state index in [0.29, 0.717) is 17.4 Å². The van der Waals surface area contributed by atoms with Crippen LogP contribution in [0.2, 0.25) is 0 Å². The summed E-state index contributed by atoms with van der Waals surface area (Å²) < 4.78 is 1.79. The van der Waals surface area contributed by atoms with Gasteiger partial charge in [0.2, 0.25) is 0 Å². The predicted octanol–water partition coefficient (Wildman–Crippen LogP) is 2.28. The Hall–Kier alpha value is -2.85. The summed E-state index contributed by atoms with van der Waals surface area (Å²) in [4.78, 5) is 19.1. The normalized spacial score (nSPS) is 10.4. The summed E-state index contributed by atoms with van der Waals surface area (Å²) in [7, 11) is 0. The molecule has 6 nitrogen and oxygen atoms in total. The average Bonchev–Trinajstić information content (AvgIpc) is 3.07. The minimum Gasteiger partial charge on any atom is -0.300 e. The fraction of sp³-hybridized carbons (Fsp3) is 0.125. The molecule has 1 N–H and O–H groups in total. The van der Waals surface area contributed by atoms with E-state index in [1.165, 1.54) is 11.8 Å². The Balaban J connectivity index is 2.18. The molecular weight excluding hydrogens is 310 g/mol. The molecule has 1 aromatic carbocycles. The van der Waals surface area contributed by atoms with Crippen LogP contribution in [0.25, 0.3) is 11.3 Å². The number of hydrogen-bond donors (Lipinski definition) is 1. The molecule has 23 heavy (non-hydrogen) atoms. The molecular formula is C16H13N5OS. The molecule has 7 heteroatoms. The van der Waals surface area contributed by atoms with Crippen molar-refractivity contribution >= 4 is 11.8 Å². The minimum absolute atomic E-state index is 0.0238. The molecule has 0 radical (unpaired) electrons. The van der Waals surface area contributed by atoms with Gasteiger partial charge in [-0.25, -0.2) is 4.98 Å². The topological polar surface area (TPSA) is 87.4 Å². The lowest BCUT2D eigenvalue weighted by atomic mass is 10.0. The second-order valence-electron chi connectivity index (χ2n) is 4.77. The van der Waals surface area contributed by atoms with Gasteiger partial charge in [0.1, 0.15) is 11.6 Å². The van der Waals surface area contributed by atoms with Gasteiger partial charge in [0, 0.05) is 18.0 Å². The highest BCUT2D eigenvalue weighted by molar-refractivity contribution is 7.98. The number of benzene rings is 1. The highest BCUT2D eigenvalue weighted by atomic mass is 32.2. The number of nitrogens with one attached hydrogen (secondary N) is 1. The van der Waals surface area contributed by atoms with Crippen molar-refractivity contribution in [3.8, 4) is 17.3 Å². The van der Waals surface area contributed by atoms with Crippen molar-refractivity contribution in [1.82, 2.24) is 19.7 Å². The van der Waals surface area contributed by atoms with Crippen LogP contribution < -0.4 is 5.56 Å². The van der Waals surface area contributed by atoms with Crippen LogP contribution >= 0.6 is 11.8 Å². The third-order valence-corrected chi connectivity index (χ3v) is 3.95. The molecule has 0 unspecified atom stereocenters. The Morgan fingerprint density at radius 3 is 2.87 bits per heavy atom. The molecule has 0 bridgehead atoms. The number of thioether (sulfide) groups is 1. The second-order valence-corrected chi connectivity index (χ2v) is 5.57. The molecule has 114 valence electrons. The molecule has 0 saturated heterocycles. The van der Waals surface area contributed by atoms with Gasteiger partial charge in [0.05, 0.1) is 12.2 Å². The lowest BCUT2D eigenvalue weighted by molar-refractivity contribution is 0.687. The third kappa shape index (κ3) is 3.03. The summed E-state index contributed by atoms with van der Waals surface area (Å²) in [5.41, 5.74) is 1.72. The van der Waals surface area contributed by atoms with E-state index in [9.17, 15) is 10.1 Å². The highest BCUT2D eigenvalue weighted by Crippen LogP contribution is 2.25. The molecule has 0 aliphatic rings. The molecule has 0 aliphatic carbocycles. The van der Waals surface area contributed by atoms with Gasteiger partial charge in [-0.05, 0) is 17.9 Å². The Labute approximate surface area is 136 Å². The number of nitrogens with zero attached hydrogens (tertiary/aromatic N) is 4. The minimum atomic E-state index is -0.421. The van der Waals surface area contributed by atoms with Gasteiger partial charge in [0.15, 0.2) is 5.16 Å². The second kappa shape index (κ2) is 6.50. The van der Waals surface area contributed by atoms with Gasteiger partial charge < -0.3 is 4.98 Å². The average molecular weight is 323 g/mol. The number of H-pyrrole nitrogens is 1. The maximum absolute atomic E-state index is 12.1. The molecule has 0 saturated carbocycles. The summed E-state index contributed by atoms with van der Waals surface area (Å²) in [6.07, 6.45) is 5.39. The lowest BCUT2D eigenvalue weighted by Gasteiger charge is -2.11. The van der Waals surface area contributed by atoms with Crippen molar-refractivity contribution in [2.45, 2.75) is 11.7 Å². The zero-order valence-electron chi connectivity index (χ0n) is 12.4. The largest absolute Gasteiger partial charge is 0.300 e. The maximum Gasteiger partial charge on any atom is 0.270 e. The fourth-order valence-corrected chi connectivity index (χ4v) is 2.68. The van der Waals surface area contributed by atoms with E-state index in [0.717, 1.165) is 11.1 Å². The molecule has 0 amide bonds. The SMILES string of the molecule is CSc1nc(-c2ccccc2Cn2cccn2)c(C#N)c(=O)[nH]1. The van der Waals surface area contributed by atoms with Crippen molar-refractivity contribution in [2.75, 3.05) is 6.26 Å². The van der Waals surface area contributed by atoms with Crippen LogP contribution in [0.1, 0.15) is 11.1 Å². The van der Waals surface area contributed by atoms with Gasteiger partial charge in [-0.15, -0.1) is 0 Å². The lowest BCUT2D eigenvalue weighted by Crippen LogP contribution is -2.15. The first kappa shape index (κ1) is 15.1. The van der Waals surface area contributed by atoms with E-state index in [1.54, 1.807) is 10.9 Å². The highest BCUT2D eigenvalue weighted by Gasteiger charge is 2.16. The van der Waals surface area contributed by atoms with Crippen LogP contribution in [-0.2, 0) is 6.54 Å². The fourth-order valence-electron chi connectivity index (χ4n) is 2.31. The number of nitriles is 1. The van der Waals surface area contributed by atoms with E-state index < -0.39 is 5.56 Å². The monoisotopic (exact) mass is 323 g/mol. The molecule has 0 spiro atoms. The van der Waals surface area contributed by atoms with E-state index in [2.05, 4.69) is 15.1 Å². The quantitative estimate of drug-likeness (QED) is 0.588. The summed E-state index contributed by atoms with van der Waals surface area (Å²) in [6, 6.07) is 11.4. The first-order valence-electron chi connectivity index (χ1n) is 6.87. The van der Waals surface area contributed by atoms with Crippen molar-refractivity contribution in [3.63, 3.8) is 0 Å².